The predicted octanol–water partition coefficient (Wildman–Crippen LogP) is 3.28. The molecular formula is C21H21N3O4S. The summed E-state index contributed by atoms with van der Waals surface area (Å²) in [6.45, 7) is 1.07. The molecule has 29 heavy (non-hydrogen) atoms. The number of anilines is 1. The second-order valence-electron chi connectivity index (χ2n) is 6.38. The lowest BCUT2D eigenvalue weighted by Gasteiger charge is -2.10. The lowest BCUT2D eigenvalue weighted by Crippen LogP contribution is -2.23. The first-order valence-corrected chi connectivity index (χ1v) is 10.4. The van der Waals surface area contributed by atoms with E-state index in [0.717, 1.165) is 16.9 Å². The van der Waals surface area contributed by atoms with Crippen LogP contribution in [0.4, 0.5) is 5.69 Å². The van der Waals surface area contributed by atoms with E-state index in [9.17, 15) is 14.4 Å². The van der Waals surface area contributed by atoms with Crippen LogP contribution in [0, 0.1) is 0 Å². The number of ketones is 1. The van der Waals surface area contributed by atoms with Gasteiger partial charge in [-0.15, -0.1) is 0 Å². The molecule has 1 amide bonds. The molecule has 3 rings (SSSR count). The molecule has 0 aliphatic heterocycles. The van der Waals surface area contributed by atoms with Crippen molar-refractivity contribution in [1.82, 2.24) is 9.55 Å². The first-order chi connectivity index (χ1) is 14.0. The molecular weight excluding hydrogens is 390 g/mol. The fourth-order valence-electron chi connectivity index (χ4n) is 2.85. The number of carbonyl (C=O) groups is 3. The van der Waals surface area contributed by atoms with Crippen LogP contribution in [-0.4, -0.2) is 40.1 Å². The van der Waals surface area contributed by atoms with Crippen molar-refractivity contribution in [3.8, 4) is 0 Å². The van der Waals surface area contributed by atoms with E-state index in [2.05, 4.69) is 10.3 Å². The zero-order chi connectivity index (χ0) is 20.8. The lowest BCUT2D eigenvalue weighted by molar-refractivity contribution is -0.147. The predicted molar refractivity (Wildman–Crippen MR) is 113 cm³/mol. The number of esters is 1. The first kappa shape index (κ1) is 20.6. The molecule has 1 aromatic heterocycles. The van der Waals surface area contributed by atoms with E-state index in [1.807, 2.05) is 35.1 Å². The van der Waals surface area contributed by atoms with E-state index in [1.54, 1.807) is 36.0 Å². The Morgan fingerprint density at radius 2 is 1.83 bits per heavy atom. The van der Waals surface area contributed by atoms with Crippen LogP contribution in [-0.2, 0) is 26.6 Å². The highest BCUT2D eigenvalue weighted by molar-refractivity contribution is 7.97. The number of imidazole rings is 1. The number of nitrogens with one attached hydrogen (secondary N) is 1. The number of nitrogens with zero attached hydrogens (tertiary/aromatic N) is 2. The Kier molecular flexibility index (Phi) is 6.66. The van der Waals surface area contributed by atoms with Gasteiger partial charge < -0.3 is 14.6 Å². The van der Waals surface area contributed by atoms with Crippen LogP contribution in [0.15, 0.2) is 48.5 Å². The Bertz CT molecular complexity index is 1040. The molecule has 7 nitrogen and oxygen atoms in total. The molecule has 2 aromatic carbocycles. The van der Waals surface area contributed by atoms with Crippen LogP contribution in [0.2, 0.25) is 0 Å². The summed E-state index contributed by atoms with van der Waals surface area (Å²) in [5, 5.41) is 2.63. The number of fused-ring (bicyclic) bond motifs is 1. The van der Waals surface area contributed by atoms with E-state index in [0.29, 0.717) is 17.0 Å². The van der Waals surface area contributed by atoms with Crippen LogP contribution in [0.1, 0.15) is 23.1 Å². The monoisotopic (exact) mass is 411 g/mol. The molecule has 0 unspecified atom stereocenters. The van der Waals surface area contributed by atoms with Crippen molar-refractivity contribution >= 4 is 46.1 Å². The number of carbonyl (C=O) groups excluding carboxylic acids is 3. The van der Waals surface area contributed by atoms with Gasteiger partial charge in [-0.25, -0.2) is 4.98 Å². The average Bonchev–Trinajstić information content (AvgIpc) is 3.04. The number of aromatic nitrogens is 2. The van der Waals surface area contributed by atoms with Gasteiger partial charge in [0.05, 0.1) is 16.8 Å². The smallest absolute Gasteiger partial charge is 0.326 e. The summed E-state index contributed by atoms with van der Waals surface area (Å²) < 4.78 is 6.94. The first-order valence-electron chi connectivity index (χ1n) is 8.97. The van der Waals surface area contributed by atoms with Gasteiger partial charge in [-0.05, 0) is 49.6 Å². The van der Waals surface area contributed by atoms with E-state index in [-0.39, 0.29) is 12.3 Å². The van der Waals surface area contributed by atoms with Crippen LogP contribution < -0.4 is 5.32 Å². The fourth-order valence-corrected chi connectivity index (χ4v) is 3.33. The Balaban J connectivity index is 1.58. The van der Waals surface area contributed by atoms with E-state index < -0.39 is 18.5 Å². The highest BCUT2D eigenvalue weighted by atomic mass is 32.2. The molecule has 150 valence electrons. The zero-order valence-electron chi connectivity index (χ0n) is 16.2. The van der Waals surface area contributed by atoms with Gasteiger partial charge >= 0.3 is 5.97 Å². The second kappa shape index (κ2) is 9.38. The molecule has 0 spiro atoms. The topological polar surface area (TPSA) is 90.3 Å². The average molecular weight is 411 g/mol. The van der Waals surface area contributed by atoms with Crippen molar-refractivity contribution < 1.29 is 19.1 Å². The van der Waals surface area contributed by atoms with E-state index in [4.69, 9.17) is 4.74 Å². The summed E-state index contributed by atoms with van der Waals surface area (Å²) in [5.41, 5.74) is 2.75. The summed E-state index contributed by atoms with van der Waals surface area (Å²) >= 11 is 1.61. The molecule has 0 aliphatic carbocycles. The van der Waals surface area contributed by atoms with Gasteiger partial charge in [0.15, 0.2) is 12.4 Å². The minimum absolute atomic E-state index is 0.0169. The van der Waals surface area contributed by atoms with Crippen molar-refractivity contribution in [1.29, 1.82) is 0 Å². The SMILES string of the molecule is CSCc1nc2ccccc2n1CC(=O)OCC(=O)Nc1ccc(C(C)=O)cc1. The van der Waals surface area contributed by atoms with Crippen LogP contribution >= 0.6 is 11.8 Å². The quantitative estimate of drug-likeness (QED) is 0.452. The van der Waals surface area contributed by atoms with Gasteiger partial charge in [0.25, 0.3) is 5.91 Å². The molecule has 0 aliphatic rings. The summed E-state index contributed by atoms with van der Waals surface area (Å²) in [4.78, 5) is 40.2. The maximum absolute atomic E-state index is 12.3. The third kappa shape index (κ3) is 5.23. The number of rotatable bonds is 8. The van der Waals surface area contributed by atoms with Gasteiger partial charge in [-0.1, -0.05) is 12.1 Å². The van der Waals surface area contributed by atoms with Crippen molar-refractivity contribution in [2.45, 2.75) is 19.2 Å². The standard InChI is InChI=1S/C21H21N3O4S/c1-14(25)15-7-9-16(10-8-15)22-20(26)12-28-21(27)11-24-18-6-4-3-5-17(18)23-19(24)13-29-2/h3-10H,11-13H2,1-2H3,(H,22,26). The lowest BCUT2D eigenvalue weighted by atomic mass is 10.1. The zero-order valence-corrected chi connectivity index (χ0v) is 17.0. The Morgan fingerprint density at radius 3 is 2.52 bits per heavy atom. The number of ether oxygens (including phenoxy) is 1. The summed E-state index contributed by atoms with van der Waals surface area (Å²) in [7, 11) is 0. The number of benzene rings is 2. The summed E-state index contributed by atoms with van der Waals surface area (Å²) in [6, 6.07) is 14.1. The van der Waals surface area contributed by atoms with Crippen molar-refractivity contribution in [3.63, 3.8) is 0 Å². The fraction of sp³-hybridized carbons (Fsp3) is 0.238. The van der Waals surface area contributed by atoms with Crippen LogP contribution in [0.3, 0.4) is 0 Å². The molecule has 0 bridgehead atoms. The summed E-state index contributed by atoms with van der Waals surface area (Å²) in [5.74, 6) is 0.431. The molecule has 0 atom stereocenters. The Hall–Kier alpha value is -3.13. The van der Waals surface area contributed by atoms with Crippen molar-refractivity contribution in [2.24, 2.45) is 0 Å². The molecule has 0 radical (unpaired) electrons. The van der Waals surface area contributed by atoms with Crippen LogP contribution in [0.25, 0.3) is 11.0 Å². The molecule has 0 saturated heterocycles. The number of amides is 1. The van der Waals surface area contributed by atoms with E-state index in [1.165, 1.54) is 6.92 Å². The maximum Gasteiger partial charge on any atom is 0.326 e. The van der Waals surface area contributed by atoms with Gasteiger partial charge in [0, 0.05) is 11.3 Å². The minimum Gasteiger partial charge on any atom is -0.454 e. The molecule has 8 heteroatoms. The maximum atomic E-state index is 12.3. The molecule has 1 heterocycles. The number of hydrogen-bond acceptors (Lipinski definition) is 6. The number of hydrogen-bond donors (Lipinski definition) is 1. The van der Waals surface area contributed by atoms with Crippen molar-refractivity contribution in [3.05, 3.63) is 59.9 Å². The normalized spacial score (nSPS) is 10.7. The number of thioether (sulfide) groups is 1. The van der Waals surface area contributed by atoms with Crippen LogP contribution in [0.5, 0.6) is 0 Å². The van der Waals surface area contributed by atoms with Gasteiger partial charge in [-0.2, -0.15) is 11.8 Å². The second-order valence-corrected chi connectivity index (χ2v) is 7.24. The van der Waals surface area contributed by atoms with Gasteiger partial charge in [0.2, 0.25) is 0 Å². The van der Waals surface area contributed by atoms with E-state index >= 15 is 0 Å². The van der Waals surface area contributed by atoms with Gasteiger partial charge in [0.1, 0.15) is 12.4 Å². The Labute approximate surface area is 172 Å². The molecule has 0 fully saturated rings. The highest BCUT2D eigenvalue weighted by Gasteiger charge is 2.15. The summed E-state index contributed by atoms with van der Waals surface area (Å²) in [6.07, 6.45) is 1.97. The van der Waals surface area contributed by atoms with Crippen molar-refractivity contribution in [2.75, 3.05) is 18.2 Å². The minimum atomic E-state index is -0.516. The largest absolute Gasteiger partial charge is 0.454 e. The van der Waals surface area contributed by atoms with Gasteiger partial charge in [-0.3, -0.25) is 14.4 Å². The number of para-hydroxylation sites is 2. The Morgan fingerprint density at radius 1 is 1.10 bits per heavy atom. The molecule has 1 N–H and O–H groups in total. The number of Topliss-reactive ketones (excluding diaryl/α,β-unsaturated/α-hetero) is 1. The third-order valence-electron chi connectivity index (χ3n) is 4.23. The third-order valence-corrected chi connectivity index (χ3v) is 4.78. The highest BCUT2D eigenvalue weighted by Crippen LogP contribution is 2.19. The molecule has 3 aromatic rings. The molecule has 0 saturated carbocycles.